The first-order valence-electron chi connectivity index (χ1n) is 5.18. The van der Waals surface area contributed by atoms with Gasteiger partial charge in [0, 0.05) is 6.54 Å². The highest BCUT2D eigenvalue weighted by atomic mass is 19.1. The largest absolute Gasteiger partial charge is 0.377 e. The molecule has 0 bridgehead atoms. The maximum Gasteiger partial charge on any atom is 0.245 e. The molecule has 1 N–H and O–H groups in total. The van der Waals surface area contributed by atoms with Gasteiger partial charge in [-0.1, -0.05) is 12.1 Å². The maximum absolute atomic E-state index is 12.6. The Bertz CT molecular complexity index is 460. The molecular formula is C12H11FN2O2. The van der Waals surface area contributed by atoms with Gasteiger partial charge in [-0.15, -0.1) is 0 Å². The van der Waals surface area contributed by atoms with Gasteiger partial charge < -0.3 is 10.1 Å². The minimum Gasteiger partial charge on any atom is -0.377 e. The molecule has 1 amide bonds. The summed E-state index contributed by atoms with van der Waals surface area (Å²) in [4.78, 5) is 11.7. The average molecular weight is 234 g/mol. The van der Waals surface area contributed by atoms with Gasteiger partial charge in [0.25, 0.3) is 0 Å². The third-order valence-electron chi connectivity index (χ3n) is 2.71. The van der Waals surface area contributed by atoms with Crippen molar-refractivity contribution in [1.82, 2.24) is 5.32 Å². The van der Waals surface area contributed by atoms with Crippen molar-refractivity contribution < 1.29 is 13.9 Å². The SMILES string of the molecule is N#CC1(C(=O)NCc2ccc(F)cc2)COC1. The molecule has 0 radical (unpaired) electrons. The topological polar surface area (TPSA) is 62.1 Å². The predicted octanol–water partition coefficient (Wildman–Crippen LogP) is 0.982. The smallest absolute Gasteiger partial charge is 0.245 e. The van der Waals surface area contributed by atoms with Crippen LogP contribution in [0.2, 0.25) is 0 Å². The molecule has 1 aliphatic heterocycles. The van der Waals surface area contributed by atoms with E-state index in [9.17, 15) is 9.18 Å². The summed E-state index contributed by atoms with van der Waals surface area (Å²) in [5, 5.41) is 11.5. The van der Waals surface area contributed by atoms with Crippen molar-refractivity contribution in [3.63, 3.8) is 0 Å². The Balaban J connectivity index is 1.92. The van der Waals surface area contributed by atoms with Crippen LogP contribution in [0.4, 0.5) is 4.39 Å². The van der Waals surface area contributed by atoms with Gasteiger partial charge in [-0.25, -0.2) is 4.39 Å². The zero-order valence-electron chi connectivity index (χ0n) is 9.07. The molecule has 2 rings (SSSR count). The van der Waals surface area contributed by atoms with Crippen LogP contribution in [0.3, 0.4) is 0 Å². The lowest BCUT2D eigenvalue weighted by atomic mass is 9.87. The summed E-state index contributed by atoms with van der Waals surface area (Å²) in [5.41, 5.74) is -0.256. The lowest BCUT2D eigenvalue weighted by Gasteiger charge is -2.33. The van der Waals surface area contributed by atoms with Gasteiger partial charge in [-0.2, -0.15) is 5.26 Å². The Morgan fingerprint density at radius 3 is 2.59 bits per heavy atom. The fraction of sp³-hybridized carbons (Fsp3) is 0.333. The average Bonchev–Trinajstić information content (AvgIpc) is 2.27. The van der Waals surface area contributed by atoms with Gasteiger partial charge in [0.05, 0.1) is 19.3 Å². The van der Waals surface area contributed by atoms with Crippen molar-refractivity contribution in [2.45, 2.75) is 6.54 Å². The van der Waals surface area contributed by atoms with E-state index in [0.717, 1.165) is 5.56 Å². The Morgan fingerprint density at radius 2 is 2.12 bits per heavy atom. The third-order valence-corrected chi connectivity index (χ3v) is 2.71. The zero-order valence-corrected chi connectivity index (χ0v) is 9.07. The van der Waals surface area contributed by atoms with Gasteiger partial charge in [-0.3, -0.25) is 4.79 Å². The number of carbonyl (C=O) groups is 1. The molecule has 1 heterocycles. The summed E-state index contributed by atoms with van der Waals surface area (Å²) in [6, 6.07) is 7.80. The summed E-state index contributed by atoms with van der Waals surface area (Å²) in [6.45, 7) is 0.556. The zero-order chi connectivity index (χ0) is 12.3. The van der Waals surface area contributed by atoms with Crippen LogP contribution in [0, 0.1) is 22.6 Å². The van der Waals surface area contributed by atoms with Gasteiger partial charge in [0.2, 0.25) is 5.91 Å². The van der Waals surface area contributed by atoms with Crippen LogP contribution in [0.1, 0.15) is 5.56 Å². The number of nitrogens with one attached hydrogen (secondary N) is 1. The number of amides is 1. The van der Waals surface area contributed by atoms with Gasteiger partial charge in [0.15, 0.2) is 5.41 Å². The molecule has 88 valence electrons. The van der Waals surface area contributed by atoms with E-state index in [-0.39, 0.29) is 31.5 Å². The summed E-state index contributed by atoms with van der Waals surface area (Å²) in [6.07, 6.45) is 0. The van der Waals surface area contributed by atoms with Crippen molar-refractivity contribution in [2.75, 3.05) is 13.2 Å². The summed E-state index contributed by atoms with van der Waals surface area (Å²) >= 11 is 0. The molecule has 1 aromatic carbocycles. The molecule has 1 saturated heterocycles. The van der Waals surface area contributed by atoms with Crippen molar-refractivity contribution in [1.29, 1.82) is 5.26 Å². The van der Waals surface area contributed by atoms with Crippen LogP contribution in [0.5, 0.6) is 0 Å². The lowest BCUT2D eigenvalue weighted by Crippen LogP contribution is -2.52. The Morgan fingerprint density at radius 1 is 1.47 bits per heavy atom. The highest BCUT2D eigenvalue weighted by molar-refractivity contribution is 5.86. The molecule has 1 aromatic rings. The fourth-order valence-corrected chi connectivity index (χ4v) is 1.51. The number of hydrogen-bond donors (Lipinski definition) is 1. The van der Waals surface area contributed by atoms with Crippen LogP contribution < -0.4 is 5.32 Å². The van der Waals surface area contributed by atoms with E-state index >= 15 is 0 Å². The highest BCUT2D eigenvalue weighted by Gasteiger charge is 2.46. The standard InChI is InChI=1S/C12H11FN2O2/c13-10-3-1-9(2-4-10)5-15-11(16)12(6-14)7-17-8-12/h1-4H,5,7-8H2,(H,15,16). The van der Waals surface area contributed by atoms with Crippen molar-refractivity contribution in [2.24, 2.45) is 5.41 Å². The quantitative estimate of drug-likeness (QED) is 0.848. The second-order valence-corrected chi connectivity index (χ2v) is 4.00. The number of ether oxygens (including phenoxy) is 1. The number of carbonyl (C=O) groups excluding carboxylic acids is 1. The first-order chi connectivity index (χ1) is 8.16. The fourth-order valence-electron chi connectivity index (χ4n) is 1.51. The number of rotatable bonds is 3. The van der Waals surface area contributed by atoms with E-state index in [1.54, 1.807) is 12.1 Å². The second-order valence-electron chi connectivity index (χ2n) is 4.00. The first-order valence-corrected chi connectivity index (χ1v) is 5.18. The van der Waals surface area contributed by atoms with Crippen LogP contribution in [-0.2, 0) is 16.1 Å². The van der Waals surface area contributed by atoms with Crippen molar-refractivity contribution in [3.8, 4) is 6.07 Å². The number of halogens is 1. The molecule has 0 atom stereocenters. The number of nitrogens with zero attached hydrogens (tertiary/aromatic N) is 1. The van der Waals surface area contributed by atoms with E-state index in [1.807, 2.05) is 6.07 Å². The van der Waals surface area contributed by atoms with E-state index in [1.165, 1.54) is 12.1 Å². The second kappa shape index (κ2) is 4.52. The molecule has 0 spiro atoms. The summed E-state index contributed by atoms with van der Waals surface area (Å²) in [5.74, 6) is -0.656. The molecule has 1 aliphatic rings. The predicted molar refractivity (Wildman–Crippen MR) is 57.1 cm³/mol. The minimum absolute atomic E-state index is 0.138. The highest BCUT2D eigenvalue weighted by Crippen LogP contribution is 2.26. The molecule has 0 saturated carbocycles. The van der Waals surface area contributed by atoms with Crippen LogP contribution in [0.15, 0.2) is 24.3 Å². The molecular weight excluding hydrogens is 223 g/mol. The Kier molecular flexibility index (Phi) is 3.07. The molecule has 0 unspecified atom stereocenters. The van der Waals surface area contributed by atoms with E-state index < -0.39 is 5.41 Å². The molecule has 0 aromatic heterocycles. The van der Waals surface area contributed by atoms with Gasteiger partial charge in [0.1, 0.15) is 5.82 Å². The molecule has 0 aliphatic carbocycles. The lowest BCUT2D eigenvalue weighted by molar-refractivity contribution is -0.150. The first kappa shape index (κ1) is 11.6. The van der Waals surface area contributed by atoms with Crippen molar-refractivity contribution in [3.05, 3.63) is 35.6 Å². The van der Waals surface area contributed by atoms with Gasteiger partial charge >= 0.3 is 0 Å². The molecule has 1 fully saturated rings. The molecule has 4 nitrogen and oxygen atoms in total. The number of nitriles is 1. The van der Waals surface area contributed by atoms with E-state index in [4.69, 9.17) is 10.00 Å². The van der Waals surface area contributed by atoms with Gasteiger partial charge in [-0.05, 0) is 17.7 Å². The third kappa shape index (κ3) is 2.27. The van der Waals surface area contributed by atoms with Crippen LogP contribution in [-0.4, -0.2) is 19.1 Å². The van der Waals surface area contributed by atoms with E-state index in [2.05, 4.69) is 5.32 Å². The Labute approximate surface area is 98.0 Å². The summed E-state index contributed by atoms with van der Waals surface area (Å²) < 4.78 is 17.5. The normalized spacial score (nSPS) is 16.7. The summed E-state index contributed by atoms with van der Waals surface area (Å²) in [7, 11) is 0. The number of hydrogen-bond acceptors (Lipinski definition) is 3. The Hall–Kier alpha value is -1.93. The molecule has 5 heteroatoms. The minimum atomic E-state index is -1.04. The monoisotopic (exact) mass is 234 g/mol. The molecule has 17 heavy (non-hydrogen) atoms. The number of benzene rings is 1. The maximum atomic E-state index is 12.6. The van der Waals surface area contributed by atoms with Crippen LogP contribution >= 0.6 is 0 Å². The van der Waals surface area contributed by atoms with Crippen LogP contribution in [0.25, 0.3) is 0 Å². The van der Waals surface area contributed by atoms with E-state index in [0.29, 0.717) is 0 Å². The van der Waals surface area contributed by atoms with Crippen molar-refractivity contribution >= 4 is 5.91 Å².